The van der Waals surface area contributed by atoms with E-state index in [0.29, 0.717) is 6.54 Å². The first-order valence-corrected chi connectivity index (χ1v) is 7.29. The third-order valence-electron chi connectivity index (χ3n) is 4.04. The summed E-state index contributed by atoms with van der Waals surface area (Å²) in [6.07, 6.45) is 1.74. The van der Waals surface area contributed by atoms with Gasteiger partial charge in [-0.05, 0) is 22.4 Å². The van der Waals surface area contributed by atoms with Crippen LogP contribution in [0.5, 0.6) is 0 Å². The molecule has 112 valence electrons. The van der Waals surface area contributed by atoms with Crippen LogP contribution in [0, 0.1) is 10.1 Å². The summed E-state index contributed by atoms with van der Waals surface area (Å²) in [6, 6.07) is 19.2. The Kier molecular flexibility index (Phi) is 3.05. The molecule has 0 atom stereocenters. The van der Waals surface area contributed by atoms with Crippen molar-refractivity contribution in [3.8, 4) is 0 Å². The highest BCUT2D eigenvalue weighted by Gasteiger charge is 2.11. The summed E-state index contributed by atoms with van der Waals surface area (Å²) in [4.78, 5) is 10.6. The van der Waals surface area contributed by atoms with E-state index in [2.05, 4.69) is 29.4 Å². The normalized spacial score (nSPS) is 11.1. The van der Waals surface area contributed by atoms with E-state index in [1.807, 2.05) is 22.9 Å². The van der Waals surface area contributed by atoms with E-state index in [4.69, 9.17) is 0 Å². The van der Waals surface area contributed by atoms with Gasteiger partial charge in [0.25, 0.3) is 5.69 Å². The average molecular weight is 303 g/mol. The number of nitrogens with zero attached hydrogens (tertiary/aromatic N) is 3. The Labute approximate surface area is 131 Å². The fourth-order valence-corrected chi connectivity index (χ4v) is 2.89. The van der Waals surface area contributed by atoms with E-state index < -0.39 is 0 Å². The first kappa shape index (κ1) is 13.5. The molecule has 0 bridgehead atoms. The maximum atomic E-state index is 11.0. The lowest BCUT2D eigenvalue weighted by molar-refractivity contribution is -0.384. The van der Waals surface area contributed by atoms with Gasteiger partial charge in [0.15, 0.2) is 0 Å². The Hall–Kier alpha value is -3.21. The van der Waals surface area contributed by atoms with Crippen molar-refractivity contribution in [3.63, 3.8) is 0 Å². The molecule has 4 aromatic rings. The molecule has 3 aromatic carbocycles. The molecule has 0 N–H and O–H groups in total. The minimum absolute atomic E-state index is 0.0807. The van der Waals surface area contributed by atoms with Crippen molar-refractivity contribution in [1.29, 1.82) is 0 Å². The van der Waals surface area contributed by atoms with Crippen LogP contribution in [0.1, 0.15) is 5.56 Å². The van der Waals surface area contributed by atoms with Crippen LogP contribution >= 0.6 is 0 Å². The molecule has 0 fully saturated rings. The molecule has 0 saturated carbocycles. The summed E-state index contributed by atoms with van der Waals surface area (Å²) >= 11 is 0. The first-order valence-electron chi connectivity index (χ1n) is 7.29. The fraction of sp³-hybridized carbons (Fsp3) is 0.0556. The van der Waals surface area contributed by atoms with Crippen LogP contribution < -0.4 is 0 Å². The van der Waals surface area contributed by atoms with Gasteiger partial charge < -0.3 is 0 Å². The number of nitro groups is 1. The van der Waals surface area contributed by atoms with E-state index in [0.717, 1.165) is 16.5 Å². The molecule has 0 unspecified atom stereocenters. The number of benzene rings is 3. The Morgan fingerprint density at radius 2 is 1.83 bits per heavy atom. The van der Waals surface area contributed by atoms with Crippen LogP contribution in [0.2, 0.25) is 0 Å². The number of nitro benzene ring substituents is 1. The SMILES string of the molecule is O=[N+]([O-])c1ccc2cnn(Cc3cccc4ccccc34)c2c1. The van der Waals surface area contributed by atoms with E-state index in [-0.39, 0.29) is 10.6 Å². The molecule has 0 aliphatic carbocycles. The van der Waals surface area contributed by atoms with Crippen LogP contribution in [-0.2, 0) is 6.54 Å². The predicted octanol–water partition coefficient (Wildman–Crippen LogP) is 4.15. The molecule has 5 heteroatoms. The number of non-ortho nitro benzene ring substituents is 1. The van der Waals surface area contributed by atoms with Crippen LogP contribution in [0.15, 0.2) is 66.9 Å². The highest BCUT2D eigenvalue weighted by molar-refractivity contribution is 5.86. The van der Waals surface area contributed by atoms with Crippen molar-refractivity contribution in [2.75, 3.05) is 0 Å². The molecule has 0 aliphatic rings. The van der Waals surface area contributed by atoms with Crippen molar-refractivity contribution in [2.45, 2.75) is 6.54 Å². The van der Waals surface area contributed by atoms with Gasteiger partial charge in [0.05, 0.1) is 23.2 Å². The summed E-state index contributed by atoms with van der Waals surface area (Å²) in [6.45, 7) is 0.575. The van der Waals surface area contributed by atoms with Gasteiger partial charge in [0, 0.05) is 17.5 Å². The third kappa shape index (κ3) is 2.32. The number of aromatic nitrogens is 2. The average Bonchev–Trinajstić information content (AvgIpc) is 2.97. The number of rotatable bonds is 3. The Morgan fingerprint density at radius 1 is 1.00 bits per heavy atom. The summed E-state index contributed by atoms with van der Waals surface area (Å²) in [5.41, 5.74) is 1.99. The molecule has 0 saturated heterocycles. The van der Waals surface area contributed by atoms with Gasteiger partial charge in [-0.1, -0.05) is 42.5 Å². The second-order valence-electron chi connectivity index (χ2n) is 5.44. The molecule has 0 radical (unpaired) electrons. The zero-order valence-corrected chi connectivity index (χ0v) is 12.2. The van der Waals surface area contributed by atoms with Crippen molar-refractivity contribution < 1.29 is 4.92 Å². The minimum Gasteiger partial charge on any atom is -0.260 e. The smallest absolute Gasteiger partial charge is 0.260 e. The van der Waals surface area contributed by atoms with Crippen molar-refractivity contribution >= 4 is 27.4 Å². The number of hydrogen-bond donors (Lipinski definition) is 0. The van der Waals surface area contributed by atoms with Gasteiger partial charge in [-0.25, -0.2) is 0 Å². The summed E-state index contributed by atoms with van der Waals surface area (Å²) in [7, 11) is 0. The standard InChI is InChI=1S/C18H13N3O2/c22-21(23)16-9-8-14-11-19-20(18(14)10-16)12-15-6-3-5-13-4-1-2-7-17(13)15/h1-11H,12H2. The largest absolute Gasteiger partial charge is 0.271 e. The highest BCUT2D eigenvalue weighted by atomic mass is 16.6. The fourth-order valence-electron chi connectivity index (χ4n) is 2.89. The van der Waals surface area contributed by atoms with Gasteiger partial charge in [-0.15, -0.1) is 0 Å². The quantitative estimate of drug-likeness (QED) is 0.422. The Balaban J connectivity index is 1.83. The number of fused-ring (bicyclic) bond motifs is 2. The molecular formula is C18H13N3O2. The van der Waals surface area contributed by atoms with Crippen LogP contribution in [0.3, 0.4) is 0 Å². The maximum Gasteiger partial charge on any atom is 0.271 e. The molecule has 23 heavy (non-hydrogen) atoms. The van der Waals surface area contributed by atoms with E-state index in [1.54, 1.807) is 18.3 Å². The van der Waals surface area contributed by atoms with Crippen molar-refractivity contribution in [2.24, 2.45) is 0 Å². The summed E-state index contributed by atoms with van der Waals surface area (Å²) in [5.74, 6) is 0. The summed E-state index contributed by atoms with van der Waals surface area (Å²) in [5, 5.41) is 18.6. The van der Waals surface area contributed by atoms with Crippen LogP contribution in [0.25, 0.3) is 21.7 Å². The van der Waals surface area contributed by atoms with Crippen LogP contribution in [0.4, 0.5) is 5.69 Å². The van der Waals surface area contributed by atoms with Crippen molar-refractivity contribution in [3.05, 3.63) is 82.5 Å². The third-order valence-corrected chi connectivity index (χ3v) is 4.04. The molecule has 0 aliphatic heterocycles. The van der Waals surface area contributed by atoms with Gasteiger partial charge in [-0.2, -0.15) is 5.10 Å². The Morgan fingerprint density at radius 3 is 2.70 bits per heavy atom. The second-order valence-corrected chi connectivity index (χ2v) is 5.44. The van der Waals surface area contributed by atoms with Gasteiger partial charge in [-0.3, -0.25) is 14.8 Å². The second kappa shape index (κ2) is 5.21. The first-order chi connectivity index (χ1) is 11.2. The van der Waals surface area contributed by atoms with E-state index in [1.165, 1.54) is 16.8 Å². The lowest BCUT2D eigenvalue weighted by Crippen LogP contribution is -2.02. The summed E-state index contributed by atoms with van der Waals surface area (Å²) < 4.78 is 1.81. The number of hydrogen-bond acceptors (Lipinski definition) is 3. The molecule has 0 spiro atoms. The van der Waals surface area contributed by atoms with E-state index in [9.17, 15) is 10.1 Å². The maximum absolute atomic E-state index is 11.0. The molecule has 5 nitrogen and oxygen atoms in total. The zero-order chi connectivity index (χ0) is 15.8. The lowest BCUT2D eigenvalue weighted by atomic mass is 10.0. The van der Waals surface area contributed by atoms with Gasteiger partial charge in [0.1, 0.15) is 0 Å². The molecule has 1 heterocycles. The topological polar surface area (TPSA) is 61.0 Å². The van der Waals surface area contributed by atoms with E-state index >= 15 is 0 Å². The van der Waals surface area contributed by atoms with Crippen LogP contribution in [-0.4, -0.2) is 14.7 Å². The predicted molar refractivity (Wildman–Crippen MR) is 89.4 cm³/mol. The zero-order valence-electron chi connectivity index (χ0n) is 12.2. The lowest BCUT2D eigenvalue weighted by Gasteiger charge is -2.08. The molecule has 4 rings (SSSR count). The molecule has 0 amide bonds. The molecular weight excluding hydrogens is 290 g/mol. The van der Waals surface area contributed by atoms with Crippen molar-refractivity contribution in [1.82, 2.24) is 9.78 Å². The highest BCUT2D eigenvalue weighted by Crippen LogP contribution is 2.24. The molecule has 1 aromatic heterocycles. The Bertz CT molecular complexity index is 1030. The minimum atomic E-state index is -0.380. The van der Waals surface area contributed by atoms with Gasteiger partial charge in [0.2, 0.25) is 0 Å². The van der Waals surface area contributed by atoms with Gasteiger partial charge >= 0.3 is 0 Å². The monoisotopic (exact) mass is 303 g/mol.